The Morgan fingerprint density at radius 2 is 1.64 bits per heavy atom. The molecule has 3 heteroatoms. The summed E-state index contributed by atoms with van der Waals surface area (Å²) in [6, 6.07) is 9.44. The van der Waals surface area contributed by atoms with E-state index in [-0.39, 0.29) is 0 Å². The summed E-state index contributed by atoms with van der Waals surface area (Å²) in [7, 11) is 0. The van der Waals surface area contributed by atoms with E-state index >= 15 is 0 Å². The Labute approximate surface area is 155 Å². The van der Waals surface area contributed by atoms with Crippen LogP contribution in [0.2, 0.25) is 0 Å². The van der Waals surface area contributed by atoms with Gasteiger partial charge < -0.3 is 4.74 Å². The molecule has 1 saturated heterocycles. The van der Waals surface area contributed by atoms with Gasteiger partial charge in [-0.05, 0) is 49.8 Å². The van der Waals surface area contributed by atoms with Crippen LogP contribution >= 0.6 is 0 Å². The molecule has 25 heavy (non-hydrogen) atoms. The zero-order chi connectivity index (χ0) is 18.1. The normalized spacial score (nSPS) is 18.9. The zero-order valence-corrected chi connectivity index (χ0v) is 16.8. The van der Waals surface area contributed by atoms with E-state index in [1.54, 1.807) is 0 Å². The van der Waals surface area contributed by atoms with Gasteiger partial charge >= 0.3 is 0 Å². The maximum absolute atomic E-state index is 5.88. The molecule has 0 radical (unpaired) electrons. The van der Waals surface area contributed by atoms with Crippen LogP contribution in [0.25, 0.3) is 0 Å². The van der Waals surface area contributed by atoms with Crippen molar-refractivity contribution in [2.75, 3.05) is 32.8 Å². The van der Waals surface area contributed by atoms with Gasteiger partial charge in [0.05, 0.1) is 6.61 Å². The first-order chi connectivity index (χ1) is 12.1. The van der Waals surface area contributed by atoms with Crippen molar-refractivity contribution in [1.29, 1.82) is 0 Å². The van der Waals surface area contributed by atoms with Gasteiger partial charge in [-0.15, -0.1) is 0 Å². The number of nitrogens with zero attached hydrogens (tertiary/aromatic N) is 2. The molecule has 0 saturated carbocycles. The number of hydrogen-bond acceptors (Lipinski definition) is 3. The first-order valence-corrected chi connectivity index (χ1v) is 10.3. The predicted molar refractivity (Wildman–Crippen MR) is 107 cm³/mol. The molecule has 2 atom stereocenters. The van der Waals surface area contributed by atoms with Crippen molar-refractivity contribution in [3.8, 4) is 5.75 Å². The molecule has 1 aliphatic rings. The molecule has 1 aliphatic heterocycles. The fourth-order valence-electron chi connectivity index (χ4n) is 3.40. The molecule has 2 rings (SSSR count). The molecular weight excluding hydrogens is 308 g/mol. The second kappa shape index (κ2) is 10.8. The number of ether oxygens (including phenoxy) is 1. The van der Waals surface area contributed by atoms with E-state index in [1.807, 2.05) is 0 Å². The molecule has 1 fully saturated rings. The monoisotopic (exact) mass is 346 g/mol. The molecule has 0 amide bonds. The largest absolute Gasteiger partial charge is 0.494 e. The average Bonchev–Trinajstić information content (AvgIpc) is 2.66. The molecule has 1 aromatic carbocycles. The van der Waals surface area contributed by atoms with Gasteiger partial charge in [0.15, 0.2) is 0 Å². The molecule has 0 spiro atoms. The highest BCUT2D eigenvalue weighted by Gasteiger charge is 2.19. The van der Waals surface area contributed by atoms with Crippen LogP contribution in [-0.2, 0) is 6.54 Å². The quantitative estimate of drug-likeness (QED) is 0.566. The summed E-state index contributed by atoms with van der Waals surface area (Å²) in [4.78, 5) is 5.19. The van der Waals surface area contributed by atoms with Crippen molar-refractivity contribution in [3.63, 3.8) is 0 Å². The smallest absolute Gasteiger partial charge is 0.119 e. The molecule has 0 N–H and O–H groups in total. The molecule has 1 heterocycles. The Morgan fingerprint density at radius 3 is 2.24 bits per heavy atom. The standard InChI is InChI=1S/C22H38N2O/c1-5-19(3)8-7-17-25-22-11-9-21(10-12-22)18-23-13-15-24(16-14-23)20(4)6-2/h9-12,19-20H,5-8,13-18H2,1-4H3. The number of benzene rings is 1. The summed E-state index contributed by atoms with van der Waals surface area (Å²) in [5.74, 6) is 1.82. The van der Waals surface area contributed by atoms with Crippen LogP contribution in [0.4, 0.5) is 0 Å². The Balaban J connectivity index is 1.68. The topological polar surface area (TPSA) is 15.7 Å². The molecule has 2 unspecified atom stereocenters. The van der Waals surface area contributed by atoms with Crippen LogP contribution in [0.3, 0.4) is 0 Å². The average molecular weight is 347 g/mol. The highest BCUT2D eigenvalue weighted by molar-refractivity contribution is 5.27. The fourth-order valence-corrected chi connectivity index (χ4v) is 3.40. The first kappa shape index (κ1) is 20.3. The van der Waals surface area contributed by atoms with Crippen molar-refractivity contribution in [3.05, 3.63) is 29.8 Å². The Hall–Kier alpha value is -1.06. The fraction of sp³-hybridized carbons (Fsp3) is 0.727. The maximum atomic E-state index is 5.88. The lowest BCUT2D eigenvalue weighted by Crippen LogP contribution is -2.48. The summed E-state index contributed by atoms with van der Waals surface area (Å²) in [5, 5.41) is 0. The summed E-state index contributed by atoms with van der Waals surface area (Å²) >= 11 is 0. The lowest BCUT2D eigenvalue weighted by atomic mass is 10.0. The summed E-state index contributed by atoms with van der Waals surface area (Å²) in [6.07, 6.45) is 4.92. The summed E-state index contributed by atoms with van der Waals surface area (Å²) in [6.45, 7) is 15.9. The van der Waals surface area contributed by atoms with Crippen LogP contribution in [0.15, 0.2) is 24.3 Å². The molecule has 142 valence electrons. The Morgan fingerprint density at radius 1 is 0.960 bits per heavy atom. The minimum Gasteiger partial charge on any atom is -0.494 e. The van der Waals surface area contributed by atoms with E-state index in [2.05, 4.69) is 61.8 Å². The second-order valence-corrected chi connectivity index (χ2v) is 7.72. The Bertz CT molecular complexity index is 465. The van der Waals surface area contributed by atoms with E-state index in [0.717, 1.165) is 37.3 Å². The van der Waals surface area contributed by atoms with Crippen LogP contribution in [0.5, 0.6) is 5.75 Å². The first-order valence-electron chi connectivity index (χ1n) is 10.3. The van der Waals surface area contributed by atoms with Gasteiger partial charge in [0.1, 0.15) is 5.75 Å². The summed E-state index contributed by atoms with van der Waals surface area (Å²) < 4.78 is 5.88. The van der Waals surface area contributed by atoms with Gasteiger partial charge in [0, 0.05) is 38.8 Å². The number of hydrogen-bond donors (Lipinski definition) is 0. The highest BCUT2D eigenvalue weighted by Crippen LogP contribution is 2.17. The van der Waals surface area contributed by atoms with Crippen LogP contribution in [0.1, 0.15) is 58.9 Å². The number of rotatable bonds is 10. The van der Waals surface area contributed by atoms with E-state index in [9.17, 15) is 0 Å². The van der Waals surface area contributed by atoms with E-state index in [1.165, 1.54) is 51.0 Å². The van der Waals surface area contributed by atoms with Crippen LogP contribution < -0.4 is 4.74 Å². The third-order valence-corrected chi connectivity index (χ3v) is 5.76. The van der Waals surface area contributed by atoms with Gasteiger partial charge in [-0.3, -0.25) is 9.80 Å². The molecule has 3 nitrogen and oxygen atoms in total. The molecule has 0 aliphatic carbocycles. The summed E-state index contributed by atoms with van der Waals surface area (Å²) in [5.41, 5.74) is 1.39. The van der Waals surface area contributed by atoms with Crippen molar-refractivity contribution < 1.29 is 4.74 Å². The Kier molecular flexibility index (Phi) is 8.77. The van der Waals surface area contributed by atoms with Crippen LogP contribution in [-0.4, -0.2) is 48.6 Å². The van der Waals surface area contributed by atoms with Crippen molar-refractivity contribution >= 4 is 0 Å². The van der Waals surface area contributed by atoms with Gasteiger partial charge in [-0.1, -0.05) is 39.3 Å². The van der Waals surface area contributed by atoms with Gasteiger partial charge in [-0.25, -0.2) is 0 Å². The molecule has 1 aromatic rings. The lowest BCUT2D eigenvalue weighted by Gasteiger charge is -2.37. The van der Waals surface area contributed by atoms with Crippen molar-refractivity contribution in [2.45, 2.75) is 66.0 Å². The SMILES string of the molecule is CCC(C)CCCOc1ccc(CN2CCN(C(C)CC)CC2)cc1. The minimum absolute atomic E-state index is 0.721. The molecule has 0 aromatic heterocycles. The van der Waals surface area contributed by atoms with E-state index in [4.69, 9.17) is 4.74 Å². The third-order valence-electron chi connectivity index (χ3n) is 5.76. The molecule has 0 bridgehead atoms. The van der Waals surface area contributed by atoms with Gasteiger partial charge in [-0.2, -0.15) is 0 Å². The van der Waals surface area contributed by atoms with Crippen molar-refractivity contribution in [1.82, 2.24) is 9.80 Å². The molecular formula is C22H38N2O. The van der Waals surface area contributed by atoms with Gasteiger partial charge in [0.2, 0.25) is 0 Å². The number of piperazine rings is 1. The minimum atomic E-state index is 0.721. The third kappa shape index (κ3) is 6.99. The highest BCUT2D eigenvalue weighted by atomic mass is 16.5. The van der Waals surface area contributed by atoms with Gasteiger partial charge in [0.25, 0.3) is 0 Å². The van der Waals surface area contributed by atoms with Crippen LogP contribution in [0, 0.1) is 5.92 Å². The van der Waals surface area contributed by atoms with E-state index in [0.29, 0.717) is 0 Å². The lowest BCUT2D eigenvalue weighted by molar-refractivity contribution is 0.0963. The van der Waals surface area contributed by atoms with E-state index < -0.39 is 0 Å². The second-order valence-electron chi connectivity index (χ2n) is 7.72. The predicted octanol–water partition coefficient (Wildman–Crippen LogP) is 4.81. The maximum Gasteiger partial charge on any atom is 0.119 e. The zero-order valence-electron chi connectivity index (χ0n) is 16.8. The van der Waals surface area contributed by atoms with Crippen molar-refractivity contribution in [2.24, 2.45) is 5.92 Å².